The third-order valence-electron chi connectivity index (χ3n) is 3.50. The highest BCUT2D eigenvalue weighted by atomic mass is 35.5. The number of nitrogens with zero attached hydrogens (tertiary/aromatic N) is 1. The Bertz CT molecular complexity index is 575. The van der Waals surface area contributed by atoms with Crippen molar-refractivity contribution in [2.24, 2.45) is 0 Å². The van der Waals surface area contributed by atoms with Crippen molar-refractivity contribution < 1.29 is 8.42 Å². The van der Waals surface area contributed by atoms with Crippen molar-refractivity contribution in [1.82, 2.24) is 4.31 Å². The van der Waals surface area contributed by atoms with Gasteiger partial charge in [0.15, 0.2) is 0 Å². The van der Waals surface area contributed by atoms with E-state index in [1.165, 1.54) is 16.4 Å². The molecule has 0 amide bonds. The molecule has 1 aliphatic heterocycles. The highest BCUT2D eigenvalue weighted by Crippen LogP contribution is 2.32. The van der Waals surface area contributed by atoms with E-state index in [-0.39, 0.29) is 16.0 Å². The minimum atomic E-state index is -3.63. The van der Waals surface area contributed by atoms with Crippen LogP contribution in [0.2, 0.25) is 10.0 Å². The fraction of sp³-hybridized carbons (Fsp3) is 0.538. The smallest absolute Gasteiger partial charge is 0.207 e. The third kappa shape index (κ3) is 3.42. The third-order valence-corrected chi connectivity index (χ3v) is 6.38. The summed E-state index contributed by atoms with van der Waals surface area (Å²) in [4.78, 5) is 0.0770. The molecule has 1 saturated heterocycles. The predicted molar refractivity (Wildman–Crippen MR) is 83.3 cm³/mol. The predicted octanol–water partition coefficient (Wildman–Crippen LogP) is 4.17. The molecular weight excluding hydrogens is 341 g/mol. The van der Waals surface area contributed by atoms with Gasteiger partial charge in [-0.25, -0.2) is 8.42 Å². The zero-order valence-electron chi connectivity index (χ0n) is 10.9. The molecule has 0 aliphatic carbocycles. The average molecular weight is 357 g/mol. The van der Waals surface area contributed by atoms with Crippen LogP contribution in [0.3, 0.4) is 0 Å². The van der Waals surface area contributed by atoms with Crippen molar-refractivity contribution in [3.63, 3.8) is 0 Å². The fourth-order valence-electron chi connectivity index (χ4n) is 2.51. The molecule has 1 aromatic rings. The van der Waals surface area contributed by atoms with Gasteiger partial charge in [0, 0.05) is 23.5 Å². The second kappa shape index (κ2) is 6.84. The first-order valence-corrected chi connectivity index (χ1v) is 9.22. The number of sulfonamides is 1. The minimum Gasteiger partial charge on any atom is -0.207 e. The molecule has 1 aliphatic rings. The van der Waals surface area contributed by atoms with E-state index < -0.39 is 10.0 Å². The highest BCUT2D eigenvalue weighted by Gasteiger charge is 2.34. The van der Waals surface area contributed by atoms with Crippen molar-refractivity contribution in [2.45, 2.75) is 36.6 Å². The Kier molecular flexibility index (Phi) is 5.60. The standard InChI is InChI=1S/C13H16Cl3NO2S/c14-7-6-11-3-1-2-8-17(11)20(18,19)13-9-10(15)4-5-12(13)16/h4-5,9,11H,1-3,6-8H2. The zero-order valence-corrected chi connectivity index (χ0v) is 13.9. The summed E-state index contributed by atoms with van der Waals surface area (Å²) in [5.41, 5.74) is 0. The van der Waals surface area contributed by atoms with E-state index >= 15 is 0 Å². The lowest BCUT2D eigenvalue weighted by Crippen LogP contribution is -2.43. The number of piperidine rings is 1. The van der Waals surface area contributed by atoms with Crippen molar-refractivity contribution in [3.8, 4) is 0 Å². The summed E-state index contributed by atoms with van der Waals surface area (Å²) in [6, 6.07) is 4.44. The molecule has 7 heteroatoms. The molecule has 0 radical (unpaired) electrons. The molecule has 1 atom stereocenters. The second-order valence-electron chi connectivity index (χ2n) is 4.82. The monoisotopic (exact) mass is 355 g/mol. The first kappa shape index (κ1) is 16.4. The quantitative estimate of drug-likeness (QED) is 0.759. The zero-order chi connectivity index (χ0) is 14.8. The molecule has 0 spiro atoms. The Morgan fingerprint density at radius 2 is 2.00 bits per heavy atom. The number of halogens is 3. The molecule has 1 heterocycles. The maximum atomic E-state index is 12.8. The minimum absolute atomic E-state index is 0.0544. The highest BCUT2D eigenvalue weighted by molar-refractivity contribution is 7.89. The van der Waals surface area contributed by atoms with Gasteiger partial charge in [-0.1, -0.05) is 29.6 Å². The van der Waals surface area contributed by atoms with Gasteiger partial charge in [-0.15, -0.1) is 11.6 Å². The van der Waals surface area contributed by atoms with Crippen LogP contribution in [-0.4, -0.2) is 31.2 Å². The van der Waals surface area contributed by atoms with Crippen LogP contribution in [-0.2, 0) is 10.0 Å². The molecule has 112 valence electrons. The summed E-state index contributed by atoms with van der Waals surface area (Å²) in [6.45, 7) is 0.507. The van der Waals surface area contributed by atoms with Crippen LogP contribution < -0.4 is 0 Å². The van der Waals surface area contributed by atoms with Gasteiger partial charge in [0.25, 0.3) is 0 Å². The van der Waals surface area contributed by atoms with Gasteiger partial charge in [-0.2, -0.15) is 4.31 Å². The molecule has 1 fully saturated rings. The lowest BCUT2D eigenvalue weighted by atomic mass is 10.0. The lowest BCUT2D eigenvalue weighted by molar-refractivity contribution is 0.247. The normalized spacial score (nSPS) is 21.1. The molecule has 1 aromatic carbocycles. The Balaban J connectivity index is 2.39. The van der Waals surface area contributed by atoms with Crippen molar-refractivity contribution in [3.05, 3.63) is 28.2 Å². The van der Waals surface area contributed by atoms with Gasteiger partial charge in [0.1, 0.15) is 4.90 Å². The van der Waals surface area contributed by atoms with Crippen LogP contribution in [0.15, 0.2) is 23.1 Å². The number of rotatable bonds is 4. The Hall–Kier alpha value is -0.0000000000000000555. The number of alkyl halides is 1. The van der Waals surface area contributed by atoms with E-state index in [1.54, 1.807) is 6.07 Å². The van der Waals surface area contributed by atoms with Crippen LogP contribution in [0.4, 0.5) is 0 Å². The van der Waals surface area contributed by atoms with E-state index in [4.69, 9.17) is 34.8 Å². The molecule has 2 rings (SSSR count). The lowest BCUT2D eigenvalue weighted by Gasteiger charge is -2.34. The summed E-state index contributed by atoms with van der Waals surface area (Å²) >= 11 is 17.7. The maximum absolute atomic E-state index is 12.8. The molecule has 0 saturated carbocycles. The first-order chi connectivity index (χ1) is 9.46. The van der Waals surface area contributed by atoms with Crippen molar-refractivity contribution in [2.75, 3.05) is 12.4 Å². The Labute approximate surface area is 134 Å². The molecule has 0 aromatic heterocycles. The van der Waals surface area contributed by atoms with E-state index in [0.717, 1.165) is 19.3 Å². The number of benzene rings is 1. The Morgan fingerprint density at radius 1 is 1.25 bits per heavy atom. The maximum Gasteiger partial charge on any atom is 0.244 e. The van der Waals surface area contributed by atoms with Crippen LogP contribution in [0, 0.1) is 0 Å². The molecule has 0 bridgehead atoms. The van der Waals surface area contributed by atoms with Crippen LogP contribution in [0.25, 0.3) is 0 Å². The van der Waals surface area contributed by atoms with Crippen molar-refractivity contribution >= 4 is 44.8 Å². The molecule has 0 N–H and O–H groups in total. The Morgan fingerprint density at radius 3 is 2.70 bits per heavy atom. The summed E-state index contributed by atoms with van der Waals surface area (Å²) in [5, 5.41) is 0.559. The van der Waals surface area contributed by atoms with Gasteiger partial charge < -0.3 is 0 Å². The number of hydrogen-bond acceptors (Lipinski definition) is 2. The van der Waals surface area contributed by atoms with E-state index in [9.17, 15) is 8.42 Å². The van der Waals surface area contributed by atoms with Gasteiger partial charge in [-0.05, 0) is 37.5 Å². The summed E-state index contributed by atoms with van der Waals surface area (Å²) in [5.74, 6) is 0.444. The number of hydrogen-bond donors (Lipinski definition) is 0. The molecule has 20 heavy (non-hydrogen) atoms. The van der Waals surface area contributed by atoms with E-state index in [1.807, 2.05) is 0 Å². The average Bonchev–Trinajstić information content (AvgIpc) is 2.42. The molecule has 1 unspecified atom stereocenters. The fourth-order valence-corrected chi connectivity index (χ4v) is 5.22. The molecular formula is C13H16Cl3NO2S. The topological polar surface area (TPSA) is 37.4 Å². The van der Waals surface area contributed by atoms with Gasteiger partial charge in [0.2, 0.25) is 10.0 Å². The SMILES string of the molecule is O=S(=O)(c1cc(Cl)ccc1Cl)N1CCCCC1CCCl. The van der Waals surface area contributed by atoms with Crippen LogP contribution >= 0.6 is 34.8 Å². The van der Waals surface area contributed by atoms with E-state index in [0.29, 0.717) is 23.9 Å². The molecule has 3 nitrogen and oxygen atoms in total. The van der Waals surface area contributed by atoms with E-state index in [2.05, 4.69) is 0 Å². The first-order valence-electron chi connectivity index (χ1n) is 6.49. The summed E-state index contributed by atoms with van der Waals surface area (Å²) in [6.07, 6.45) is 3.37. The van der Waals surface area contributed by atoms with Crippen LogP contribution in [0.1, 0.15) is 25.7 Å². The van der Waals surface area contributed by atoms with Crippen LogP contribution in [0.5, 0.6) is 0 Å². The van der Waals surface area contributed by atoms with Crippen molar-refractivity contribution in [1.29, 1.82) is 0 Å². The largest absolute Gasteiger partial charge is 0.244 e. The summed E-state index contributed by atoms with van der Waals surface area (Å²) < 4.78 is 27.1. The van der Waals surface area contributed by atoms with Gasteiger partial charge in [-0.3, -0.25) is 0 Å². The van der Waals surface area contributed by atoms with Gasteiger partial charge >= 0.3 is 0 Å². The summed E-state index contributed by atoms with van der Waals surface area (Å²) in [7, 11) is -3.63. The second-order valence-corrected chi connectivity index (χ2v) is 7.90. The van der Waals surface area contributed by atoms with Gasteiger partial charge in [0.05, 0.1) is 5.02 Å².